The van der Waals surface area contributed by atoms with E-state index in [1.807, 2.05) is 0 Å². The van der Waals surface area contributed by atoms with Crippen LogP contribution in [-0.2, 0) is 9.63 Å². The summed E-state index contributed by atoms with van der Waals surface area (Å²) in [6.07, 6.45) is 7.28. The van der Waals surface area contributed by atoms with Crippen molar-refractivity contribution in [3.8, 4) is 0 Å². The maximum atomic E-state index is 11.6. The topological polar surface area (TPSA) is 57.2 Å². The van der Waals surface area contributed by atoms with Gasteiger partial charge in [0.05, 0.1) is 13.2 Å². The Hall–Kier alpha value is -0.320. The normalized spacial score (nSPS) is 15.7. The first-order valence-corrected chi connectivity index (χ1v) is 6.07. The molecule has 1 heterocycles. The third-order valence-corrected chi connectivity index (χ3v) is 2.67. The van der Waals surface area contributed by atoms with Gasteiger partial charge < -0.3 is 18.1 Å². The average Bonchev–Trinajstić information content (AvgIpc) is 2.30. The van der Waals surface area contributed by atoms with Crippen LogP contribution in [0.2, 0.25) is 0 Å². The Morgan fingerprint density at radius 1 is 1.19 bits per heavy atom. The first-order valence-electron chi connectivity index (χ1n) is 6.07. The number of unbranched alkanes of at least 4 members (excludes halogenated alkanes) is 3. The van der Waals surface area contributed by atoms with Gasteiger partial charge in [0.15, 0.2) is 0 Å². The molecule has 0 saturated carbocycles. The van der Waals surface area contributed by atoms with Crippen molar-refractivity contribution in [3.63, 3.8) is 0 Å². The van der Waals surface area contributed by atoms with Gasteiger partial charge in [-0.1, -0.05) is 6.42 Å². The molecule has 16 heavy (non-hydrogen) atoms. The minimum absolute atomic E-state index is 0. The van der Waals surface area contributed by atoms with Gasteiger partial charge in [-0.05, 0) is 32.1 Å². The number of hydroxylamine groups is 2. The van der Waals surface area contributed by atoms with Gasteiger partial charge in [-0.15, -0.1) is 0 Å². The monoisotopic (exact) mass is 250 g/mol. The van der Waals surface area contributed by atoms with Crippen molar-refractivity contribution in [1.82, 2.24) is 5.06 Å². The second-order valence-corrected chi connectivity index (χ2v) is 4.05. The van der Waals surface area contributed by atoms with E-state index >= 15 is 0 Å². The van der Waals surface area contributed by atoms with Gasteiger partial charge >= 0.3 is 0 Å². The molecular formula is C11H23ClN2O2. The second kappa shape index (κ2) is 9.87. The van der Waals surface area contributed by atoms with Crippen LogP contribution in [0.1, 0.15) is 44.9 Å². The van der Waals surface area contributed by atoms with Crippen LogP contribution in [0.4, 0.5) is 0 Å². The molecule has 0 atom stereocenters. The SMILES string of the molecule is [Cl-].[NH3+]CCCCCCC(=O)N1CCCCO1. The first-order chi connectivity index (χ1) is 7.34. The summed E-state index contributed by atoms with van der Waals surface area (Å²) in [5.41, 5.74) is 3.80. The zero-order valence-corrected chi connectivity index (χ0v) is 10.7. The molecule has 1 rings (SSSR count). The van der Waals surface area contributed by atoms with E-state index in [9.17, 15) is 4.79 Å². The molecule has 0 bridgehead atoms. The summed E-state index contributed by atoms with van der Waals surface area (Å²) in [6.45, 7) is 2.48. The van der Waals surface area contributed by atoms with Crippen molar-refractivity contribution in [2.75, 3.05) is 19.7 Å². The number of nitrogens with zero attached hydrogens (tertiary/aromatic N) is 1. The van der Waals surface area contributed by atoms with Crippen molar-refractivity contribution in [2.45, 2.75) is 44.9 Å². The van der Waals surface area contributed by atoms with Gasteiger partial charge in [0.2, 0.25) is 5.91 Å². The summed E-state index contributed by atoms with van der Waals surface area (Å²) in [5, 5.41) is 1.55. The molecule has 5 heteroatoms. The highest BCUT2D eigenvalue weighted by Crippen LogP contribution is 2.10. The van der Waals surface area contributed by atoms with Crippen LogP contribution in [0.15, 0.2) is 0 Å². The number of quaternary nitrogens is 1. The molecule has 4 nitrogen and oxygen atoms in total. The molecule has 0 aromatic carbocycles. The van der Waals surface area contributed by atoms with Crippen LogP contribution in [0.3, 0.4) is 0 Å². The molecule has 1 fully saturated rings. The predicted octanol–water partition coefficient (Wildman–Crippen LogP) is -2.26. The summed E-state index contributed by atoms with van der Waals surface area (Å²) in [7, 11) is 0. The summed E-state index contributed by atoms with van der Waals surface area (Å²) in [4.78, 5) is 16.9. The Labute approximate surface area is 104 Å². The van der Waals surface area contributed by atoms with Gasteiger partial charge in [0.25, 0.3) is 0 Å². The zero-order valence-electron chi connectivity index (χ0n) is 9.92. The summed E-state index contributed by atoms with van der Waals surface area (Å²) in [5.74, 6) is 0.157. The minimum atomic E-state index is 0. The van der Waals surface area contributed by atoms with Crippen molar-refractivity contribution in [3.05, 3.63) is 0 Å². The maximum absolute atomic E-state index is 11.6. The van der Waals surface area contributed by atoms with Crippen molar-refractivity contribution < 1.29 is 27.8 Å². The van der Waals surface area contributed by atoms with Gasteiger partial charge in [0, 0.05) is 13.0 Å². The number of hydrogen-bond acceptors (Lipinski definition) is 2. The lowest BCUT2D eigenvalue weighted by Crippen LogP contribution is -3.00. The van der Waals surface area contributed by atoms with Crippen molar-refractivity contribution >= 4 is 5.91 Å². The summed E-state index contributed by atoms with van der Waals surface area (Å²) in [6, 6.07) is 0. The molecule has 0 aromatic rings. The van der Waals surface area contributed by atoms with E-state index in [0.29, 0.717) is 13.0 Å². The molecule has 96 valence electrons. The highest BCUT2D eigenvalue weighted by molar-refractivity contribution is 5.75. The Morgan fingerprint density at radius 2 is 1.94 bits per heavy atom. The molecule has 1 aliphatic rings. The molecule has 0 spiro atoms. The van der Waals surface area contributed by atoms with Crippen molar-refractivity contribution in [2.24, 2.45) is 0 Å². The van der Waals surface area contributed by atoms with Gasteiger partial charge in [-0.2, -0.15) is 0 Å². The van der Waals surface area contributed by atoms with Crippen LogP contribution in [0, 0.1) is 0 Å². The number of carbonyl (C=O) groups excluding carboxylic acids is 1. The van der Waals surface area contributed by atoms with Crippen molar-refractivity contribution in [1.29, 1.82) is 0 Å². The van der Waals surface area contributed by atoms with E-state index in [1.54, 1.807) is 5.06 Å². The van der Waals surface area contributed by atoms with Crippen LogP contribution in [-0.4, -0.2) is 30.7 Å². The average molecular weight is 251 g/mol. The standard InChI is InChI=1S/C11H22N2O2.ClH/c12-8-4-2-1-3-7-11(14)13-9-5-6-10-15-13;/h1-10,12H2;1H. The molecule has 1 saturated heterocycles. The fourth-order valence-electron chi connectivity index (χ4n) is 1.72. The molecule has 3 N–H and O–H groups in total. The third kappa shape index (κ3) is 6.30. The van der Waals surface area contributed by atoms with Gasteiger partial charge in [0.1, 0.15) is 0 Å². The highest BCUT2D eigenvalue weighted by atomic mass is 35.5. The van der Waals surface area contributed by atoms with E-state index in [1.165, 1.54) is 12.8 Å². The molecule has 0 aromatic heterocycles. The molecule has 0 unspecified atom stereocenters. The Kier molecular flexibility index (Phi) is 9.68. The van der Waals surface area contributed by atoms with E-state index in [2.05, 4.69) is 5.73 Å². The number of carbonyl (C=O) groups is 1. The lowest BCUT2D eigenvalue weighted by molar-refractivity contribution is -0.368. The van der Waals surface area contributed by atoms with Crippen LogP contribution >= 0.6 is 0 Å². The van der Waals surface area contributed by atoms with Crippen LogP contribution in [0.25, 0.3) is 0 Å². The summed E-state index contributed by atoms with van der Waals surface area (Å²) >= 11 is 0. The number of rotatable bonds is 6. The van der Waals surface area contributed by atoms with E-state index < -0.39 is 0 Å². The molecular weight excluding hydrogens is 228 g/mol. The molecule has 0 aliphatic carbocycles. The summed E-state index contributed by atoms with van der Waals surface area (Å²) < 4.78 is 0. The smallest absolute Gasteiger partial charge is 0.246 e. The maximum Gasteiger partial charge on any atom is 0.246 e. The molecule has 1 aliphatic heterocycles. The van der Waals surface area contributed by atoms with Gasteiger partial charge in [-0.3, -0.25) is 9.63 Å². The molecule has 1 amide bonds. The number of hydrogen-bond donors (Lipinski definition) is 1. The largest absolute Gasteiger partial charge is 1.00 e. The molecule has 0 radical (unpaired) electrons. The van der Waals surface area contributed by atoms with Gasteiger partial charge in [-0.25, -0.2) is 5.06 Å². The third-order valence-electron chi connectivity index (χ3n) is 2.67. The number of halogens is 1. The fraction of sp³-hybridized carbons (Fsp3) is 0.909. The number of amides is 1. The predicted molar refractivity (Wildman–Crippen MR) is 57.7 cm³/mol. The Morgan fingerprint density at radius 3 is 2.56 bits per heavy atom. The Balaban J connectivity index is 0.00000225. The van der Waals surface area contributed by atoms with E-state index in [-0.39, 0.29) is 18.3 Å². The van der Waals surface area contributed by atoms with E-state index in [0.717, 1.165) is 38.8 Å². The van der Waals surface area contributed by atoms with E-state index in [4.69, 9.17) is 4.84 Å². The fourth-order valence-corrected chi connectivity index (χ4v) is 1.72. The first kappa shape index (κ1) is 15.7. The quantitative estimate of drug-likeness (QED) is 0.541. The minimum Gasteiger partial charge on any atom is -1.00 e. The highest BCUT2D eigenvalue weighted by Gasteiger charge is 2.16. The lowest BCUT2D eigenvalue weighted by atomic mass is 10.1. The lowest BCUT2D eigenvalue weighted by Gasteiger charge is -2.25. The van der Waals surface area contributed by atoms with Crippen LogP contribution < -0.4 is 18.1 Å². The Bertz CT molecular complexity index is 185. The van der Waals surface area contributed by atoms with Crippen LogP contribution in [0.5, 0.6) is 0 Å². The zero-order chi connectivity index (χ0) is 10.9. The second-order valence-electron chi connectivity index (χ2n) is 4.05.